The maximum atomic E-state index is 12.9. The van der Waals surface area contributed by atoms with Crippen molar-refractivity contribution in [2.45, 2.75) is 50.5 Å². The number of benzene rings is 1. The Morgan fingerprint density at radius 1 is 1.12 bits per heavy atom. The minimum atomic E-state index is -3.54. The molecule has 0 unspecified atom stereocenters. The number of carbonyl (C=O) groups excluding carboxylic acids is 2. The Balaban J connectivity index is 1.46. The molecule has 0 saturated carbocycles. The Kier molecular flexibility index (Phi) is 7.17. The fourth-order valence-corrected chi connectivity index (χ4v) is 5.49. The Bertz CT molecular complexity index is 1290. The van der Waals surface area contributed by atoms with E-state index in [1.54, 1.807) is 18.2 Å². The van der Waals surface area contributed by atoms with Gasteiger partial charge in [0.05, 0.1) is 22.1 Å². The summed E-state index contributed by atoms with van der Waals surface area (Å²) in [5, 5.41) is 0. The van der Waals surface area contributed by atoms with Gasteiger partial charge in [-0.1, -0.05) is 6.92 Å². The standard InChI is InChI=1S/C22H27N7O4S/c1-2-11-29-19-6-5-16(34(32,33)28-12-3-4-13-28)14-17(19)25-20(29)7-8-21(30)26-27-22(31)18-15-23-9-10-24-18/h5-6,9-10,14-15H,2-4,7-8,11-13H2,1H3,(H,26,30)(H,27,31). The zero-order chi connectivity index (χ0) is 24.1. The third-order valence-electron chi connectivity index (χ3n) is 5.64. The number of carbonyl (C=O) groups is 2. The van der Waals surface area contributed by atoms with E-state index in [1.807, 2.05) is 11.5 Å². The highest BCUT2D eigenvalue weighted by atomic mass is 32.2. The lowest BCUT2D eigenvalue weighted by Gasteiger charge is -2.15. The summed E-state index contributed by atoms with van der Waals surface area (Å²) in [4.78, 5) is 36.8. The molecule has 2 N–H and O–H groups in total. The van der Waals surface area contributed by atoms with Gasteiger partial charge in [0.15, 0.2) is 0 Å². The van der Waals surface area contributed by atoms with Gasteiger partial charge in [-0.25, -0.2) is 18.4 Å². The van der Waals surface area contributed by atoms with E-state index in [0.717, 1.165) is 24.8 Å². The van der Waals surface area contributed by atoms with Crippen LogP contribution < -0.4 is 10.9 Å². The zero-order valence-corrected chi connectivity index (χ0v) is 19.7. The number of aromatic nitrogens is 4. The monoisotopic (exact) mass is 485 g/mol. The molecule has 1 fully saturated rings. The molecule has 2 amide bonds. The van der Waals surface area contributed by atoms with Crippen LogP contribution in [-0.4, -0.2) is 57.1 Å². The van der Waals surface area contributed by atoms with Crippen LogP contribution in [0.15, 0.2) is 41.7 Å². The molecule has 1 saturated heterocycles. The third-order valence-corrected chi connectivity index (χ3v) is 7.53. The van der Waals surface area contributed by atoms with Gasteiger partial charge in [0, 0.05) is 44.9 Å². The van der Waals surface area contributed by atoms with Crippen molar-refractivity contribution < 1.29 is 18.0 Å². The van der Waals surface area contributed by atoms with E-state index < -0.39 is 15.9 Å². The lowest BCUT2D eigenvalue weighted by Crippen LogP contribution is -2.42. The molecule has 0 atom stereocenters. The van der Waals surface area contributed by atoms with Gasteiger partial charge in [0.25, 0.3) is 5.91 Å². The second kappa shape index (κ2) is 10.3. The number of amides is 2. The normalized spacial score (nSPS) is 14.4. The first kappa shape index (κ1) is 23.8. The van der Waals surface area contributed by atoms with Crippen LogP contribution in [-0.2, 0) is 27.8 Å². The van der Waals surface area contributed by atoms with E-state index in [9.17, 15) is 18.0 Å². The van der Waals surface area contributed by atoms with Crippen LogP contribution in [0.3, 0.4) is 0 Å². The second-order valence-corrected chi connectivity index (χ2v) is 9.97. The molecule has 1 aliphatic rings. The van der Waals surface area contributed by atoms with Crippen molar-refractivity contribution in [3.8, 4) is 0 Å². The zero-order valence-electron chi connectivity index (χ0n) is 18.9. The van der Waals surface area contributed by atoms with Crippen LogP contribution >= 0.6 is 0 Å². The van der Waals surface area contributed by atoms with Crippen LogP contribution in [0, 0.1) is 0 Å². The van der Waals surface area contributed by atoms with Gasteiger partial charge in [-0.15, -0.1) is 0 Å². The first-order valence-electron chi connectivity index (χ1n) is 11.2. The molecule has 0 aliphatic carbocycles. The Labute approximate surface area is 197 Å². The topological polar surface area (TPSA) is 139 Å². The van der Waals surface area contributed by atoms with Gasteiger partial charge in [-0.3, -0.25) is 25.4 Å². The second-order valence-electron chi connectivity index (χ2n) is 8.03. The molecule has 34 heavy (non-hydrogen) atoms. The number of aryl methyl sites for hydroxylation is 2. The van der Waals surface area contributed by atoms with Crippen molar-refractivity contribution in [3.63, 3.8) is 0 Å². The van der Waals surface area contributed by atoms with Crippen LogP contribution in [0.2, 0.25) is 0 Å². The molecule has 2 aromatic heterocycles. The summed E-state index contributed by atoms with van der Waals surface area (Å²) in [6, 6.07) is 5.02. The van der Waals surface area contributed by atoms with E-state index in [1.165, 1.54) is 22.9 Å². The van der Waals surface area contributed by atoms with Crippen molar-refractivity contribution in [2.75, 3.05) is 13.1 Å². The summed E-state index contributed by atoms with van der Waals surface area (Å²) < 4.78 is 29.4. The van der Waals surface area contributed by atoms with Crippen LogP contribution in [0.5, 0.6) is 0 Å². The molecule has 4 rings (SSSR count). The average molecular weight is 486 g/mol. The number of nitrogens with one attached hydrogen (secondary N) is 2. The molecule has 180 valence electrons. The molecule has 0 radical (unpaired) electrons. The summed E-state index contributed by atoms with van der Waals surface area (Å²) in [5.74, 6) is -0.265. The van der Waals surface area contributed by atoms with Crippen molar-refractivity contribution in [2.24, 2.45) is 0 Å². The minimum Gasteiger partial charge on any atom is -0.328 e. The molecule has 0 spiro atoms. The number of fused-ring (bicyclic) bond motifs is 1. The van der Waals surface area contributed by atoms with Crippen LogP contribution in [0.25, 0.3) is 11.0 Å². The number of hydrazine groups is 1. The highest BCUT2D eigenvalue weighted by Gasteiger charge is 2.28. The number of nitrogens with zero attached hydrogens (tertiary/aromatic N) is 5. The molecule has 1 aliphatic heterocycles. The number of hydrogen-bond acceptors (Lipinski definition) is 7. The van der Waals surface area contributed by atoms with E-state index in [4.69, 9.17) is 0 Å². The fourth-order valence-electron chi connectivity index (χ4n) is 3.96. The molecule has 3 heterocycles. The number of imidazole rings is 1. The highest BCUT2D eigenvalue weighted by molar-refractivity contribution is 7.89. The highest BCUT2D eigenvalue weighted by Crippen LogP contribution is 2.25. The van der Waals surface area contributed by atoms with Gasteiger partial charge in [-0.2, -0.15) is 4.31 Å². The molecule has 12 heteroatoms. The van der Waals surface area contributed by atoms with Gasteiger partial charge in [0.2, 0.25) is 15.9 Å². The van der Waals surface area contributed by atoms with Crippen molar-refractivity contribution in [1.82, 2.24) is 34.7 Å². The lowest BCUT2D eigenvalue weighted by molar-refractivity contribution is -0.121. The maximum absolute atomic E-state index is 12.9. The van der Waals surface area contributed by atoms with Gasteiger partial charge in [0.1, 0.15) is 11.5 Å². The van der Waals surface area contributed by atoms with Crippen LogP contribution in [0.1, 0.15) is 48.9 Å². The number of sulfonamides is 1. The molecular weight excluding hydrogens is 458 g/mol. The van der Waals surface area contributed by atoms with E-state index in [0.29, 0.717) is 37.4 Å². The van der Waals surface area contributed by atoms with E-state index in [2.05, 4.69) is 25.8 Å². The molecule has 3 aromatic rings. The SMILES string of the molecule is CCCn1c(CCC(=O)NNC(=O)c2cnccn2)nc2cc(S(=O)(=O)N3CCCC3)ccc21. The minimum absolute atomic E-state index is 0.0900. The number of hydrogen-bond donors (Lipinski definition) is 2. The molecule has 11 nitrogen and oxygen atoms in total. The molecular formula is C22H27N7O4S. The Morgan fingerprint density at radius 3 is 2.62 bits per heavy atom. The first-order valence-corrected chi connectivity index (χ1v) is 12.7. The predicted octanol–water partition coefficient (Wildman–Crippen LogP) is 1.41. The van der Waals surface area contributed by atoms with Crippen molar-refractivity contribution in [1.29, 1.82) is 0 Å². The van der Waals surface area contributed by atoms with Gasteiger partial charge in [-0.05, 0) is 37.5 Å². The quantitative estimate of drug-likeness (QED) is 0.460. The molecule has 1 aromatic carbocycles. The predicted molar refractivity (Wildman–Crippen MR) is 124 cm³/mol. The van der Waals surface area contributed by atoms with Crippen molar-refractivity contribution in [3.05, 3.63) is 48.3 Å². The van der Waals surface area contributed by atoms with Crippen molar-refractivity contribution >= 4 is 32.9 Å². The smallest absolute Gasteiger partial charge is 0.289 e. The average Bonchev–Trinajstić information content (AvgIpc) is 3.51. The van der Waals surface area contributed by atoms with Crippen LogP contribution in [0.4, 0.5) is 0 Å². The summed E-state index contributed by atoms with van der Waals surface area (Å²) in [6.07, 6.45) is 7.15. The summed E-state index contributed by atoms with van der Waals surface area (Å²) in [7, 11) is -3.54. The summed E-state index contributed by atoms with van der Waals surface area (Å²) in [5.41, 5.74) is 6.18. The third kappa shape index (κ3) is 5.07. The Morgan fingerprint density at radius 2 is 1.91 bits per heavy atom. The van der Waals surface area contributed by atoms with E-state index >= 15 is 0 Å². The number of rotatable bonds is 8. The van der Waals surface area contributed by atoms with Gasteiger partial charge < -0.3 is 4.57 Å². The summed E-state index contributed by atoms with van der Waals surface area (Å²) >= 11 is 0. The Hall–Kier alpha value is -3.38. The molecule has 0 bridgehead atoms. The summed E-state index contributed by atoms with van der Waals surface area (Å²) in [6.45, 7) is 3.81. The lowest BCUT2D eigenvalue weighted by atomic mass is 10.2. The fraction of sp³-hybridized carbons (Fsp3) is 0.409. The maximum Gasteiger partial charge on any atom is 0.289 e. The largest absolute Gasteiger partial charge is 0.328 e. The van der Waals surface area contributed by atoms with Gasteiger partial charge >= 0.3 is 0 Å². The van der Waals surface area contributed by atoms with E-state index in [-0.39, 0.29) is 22.9 Å². The first-order chi connectivity index (χ1) is 16.4.